The number of aromatic carboxylic acids is 1. The van der Waals surface area contributed by atoms with Crippen molar-refractivity contribution in [2.75, 3.05) is 31.1 Å². The first-order valence-electron chi connectivity index (χ1n) is 12.1. The Kier molecular flexibility index (Phi) is 6.98. The molecule has 1 unspecified atom stereocenters. The van der Waals surface area contributed by atoms with Gasteiger partial charge in [0.2, 0.25) is 5.71 Å². The second-order valence-electron chi connectivity index (χ2n) is 8.52. The first-order chi connectivity index (χ1) is 16.8. The molecule has 4 rings (SSSR count). The van der Waals surface area contributed by atoms with Crippen molar-refractivity contribution in [3.05, 3.63) is 88.3 Å². The molecule has 1 atom stereocenters. The molecule has 6 nitrogen and oxygen atoms in total. The lowest BCUT2D eigenvalue weighted by molar-refractivity contribution is -0.519. The van der Waals surface area contributed by atoms with E-state index in [1.165, 1.54) is 0 Å². The van der Waals surface area contributed by atoms with Gasteiger partial charge in [0.1, 0.15) is 13.1 Å². The van der Waals surface area contributed by atoms with E-state index in [0.29, 0.717) is 22.3 Å². The van der Waals surface area contributed by atoms with E-state index in [1.807, 2.05) is 52.0 Å². The van der Waals surface area contributed by atoms with Crippen molar-refractivity contribution in [2.45, 2.75) is 27.7 Å². The molecule has 1 aliphatic carbocycles. The third-order valence-corrected chi connectivity index (χ3v) is 8.83. The summed E-state index contributed by atoms with van der Waals surface area (Å²) in [6.07, 6.45) is 5.49. The zero-order valence-corrected chi connectivity index (χ0v) is 21.5. The highest BCUT2D eigenvalue weighted by atomic mass is 31.2. The van der Waals surface area contributed by atoms with Gasteiger partial charge in [-0.1, -0.05) is 24.3 Å². The summed E-state index contributed by atoms with van der Waals surface area (Å²) in [4.78, 5) is 28.3. The van der Waals surface area contributed by atoms with Gasteiger partial charge in [0.15, 0.2) is 0 Å². The average Bonchev–Trinajstić information content (AvgIpc) is 2.86. The molecular weight excluding hydrogens is 459 g/mol. The predicted octanol–water partition coefficient (Wildman–Crippen LogP) is 4.26. The number of hydrogen-bond acceptors (Lipinski definition) is 4. The van der Waals surface area contributed by atoms with Crippen LogP contribution in [0.1, 0.15) is 49.2 Å². The highest BCUT2D eigenvalue weighted by Crippen LogP contribution is 2.57. The minimum absolute atomic E-state index is 0.141. The van der Waals surface area contributed by atoms with Crippen LogP contribution in [0.4, 0.5) is 5.69 Å². The van der Waals surface area contributed by atoms with Crippen LogP contribution in [0.25, 0.3) is 5.57 Å². The largest absolute Gasteiger partial charge is 0.793 e. The number of anilines is 1. The Morgan fingerprint density at radius 1 is 1.00 bits per heavy atom. The van der Waals surface area contributed by atoms with Gasteiger partial charge in [-0.05, 0) is 74.2 Å². The number of carbonyl (C=O) groups is 1. The van der Waals surface area contributed by atoms with Crippen LogP contribution in [0.3, 0.4) is 0 Å². The third kappa shape index (κ3) is 4.22. The standard InChI is InChI=1S/C28H31N2O4P/c1-5-29(6-2)19-13-15-23-25(17-19)35(33,34)26-18-20(30(7-3)8-4)14-16-24(26)27(23)21-11-9-10-12-22(21)28(31)32/h9-18H,5-8H2,1-4H3,(H-,31,32,33,34). The van der Waals surface area contributed by atoms with Crippen LogP contribution in [0.15, 0.2) is 71.6 Å². The third-order valence-electron chi connectivity index (χ3n) is 6.82. The van der Waals surface area contributed by atoms with Crippen LogP contribution in [-0.4, -0.2) is 47.5 Å². The molecule has 182 valence electrons. The number of hydrogen-bond donors (Lipinski definition) is 1. The molecule has 2 aromatic carbocycles. The Labute approximate surface area is 206 Å². The van der Waals surface area contributed by atoms with E-state index in [9.17, 15) is 19.4 Å². The maximum Gasteiger partial charge on any atom is 0.336 e. The lowest BCUT2D eigenvalue weighted by Crippen LogP contribution is -2.30. The maximum atomic E-state index is 14.1. The monoisotopic (exact) mass is 490 g/mol. The van der Waals surface area contributed by atoms with E-state index >= 15 is 0 Å². The van der Waals surface area contributed by atoms with E-state index < -0.39 is 13.3 Å². The van der Waals surface area contributed by atoms with Gasteiger partial charge in [0.05, 0.1) is 12.9 Å². The molecule has 0 bridgehead atoms. The molecule has 0 fully saturated rings. The molecule has 0 amide bonds. The van der Waals surface area contributed by atoms with Crippen molar-refractivity contribution in [3.63, 3.8) is 0 Å². The van der Waals surface area contributed by atoms with Crippen LogP contribution < -0.4 is 15.1 Å². The molecule has 1 heterocycles. The molecular formula is C28H31N2O4P. The van der Waals surface area contributed by atoms with Gasteiger partial charge in [0.25, 0.3) is 0 Å². The Morgan fingerprint density at radius 2 is 1.69 bits per heavy atom. The minimum Gasteiger partial charge on any atom is -0.793 e. The van der Waals surface area contributed by atoms with Crippen molar-refractivity contribution in [1.29, 1.82) is 0 Å². The summed E-state index contributed by atoms with van der Waals surface area (Å²) in [5.74, 6) is -1.05. The van der Waals surface area contributed by atoms with Gasteiger partial charge >= 0.3 is 5.97 Å². The summed E-state index contributed by atoms with van der Waals surface area (Å²) in [7, 11) is -4.21. The average molecular weight is 491 g/mol. The van der Waals surface area contributed by atoms with E-state index in [1.54, 1.807) is 36.4 Å². The predicted molar refractivity (Wildman–Crippen MR) is 140 cm³/mol. The van der Waals surface area contributed by atoms with Gasteiger partial charge < -0.3 is 19.5 Å². The van der Waals surface area contributed by atoms with Gasteiger partial charge in [-0.2, -0.15) is 0 Å². The van der Waals surface area contributed by atoms with E-state index in [2.05, 4.69) is 9.48 Å². The van der Waals surface area contributed by atoms with Crippen LogP contribution in [0, 0.1) is 0 Å². The molecule has 0 spiro atoms. The second-order valence-corrected chi connectivity index (χ2v) is 10.6. The molecule has 7 heteroatoms. The summed E-state index contributed by atoms with van der Waals surface area (Å²) in [5.41, 5.74) is 4.02. The number of carboxylic acids is 1. The number of allylic oxidation sites excluding steroid dienone is 5. The van der Waals surface area contributed by atoms with Crippen molar-refractivity contribution < 1.29 is 23.9 Å². The molecule has 0 aromatic heterocycles. The van der Waals surface area contributed by atoms with Crippen molar-refractivity contribution in [1.82, 2.24) is 0 Å². The minimum atomic E-state index is -4.21. The zero-order valence-electron chi connectivity index (χ0n) is 20.6. The Bertz CT molecular complexity index is 1360. The van der Waals surface area contributed by atoms with Crippen molar-refractivity contribution >= 4 is 35.6 Å². The number of rotatable bonds is 7. The van der Waals surface area contributed by atoms with E-state index in [4.69, 9.17) is 0 Å². The molecule has 0 radical (unpaired) electrons. The second kappa shape index (κ2) is 9.80. The van der Waals surface area contributed by atoms with Gasteiger partial charge in [-0.3, -0.25) is 0 Å². The molecule has 0 saturated carbocycles. The Balaban J connectivity index is 2.10. The van der Waals surface area contributed by atoms with Crippen molar-refractivity contribution in [2.24, 2.45) is 0 Å². The van der Waals surface area contributed by atoms with Crippen LogP contribution in [0.5, 0.6) is 0 Å². The fourth-order valence-electron chi connectivity index (χ4n) is 4.97. The van der Waals surface area contributed by atoms with E-state index in [-0.39, 0.29) is 16.2 Å². The molecule has 1 aliphatic heterocycles. The van der Waals surface area contributed by atoms with Crippen LogP contribution in [-0.2, 0) is 4.57 Å². The quantitative estimate of drug-likeness (QED) is 0.463. The first kappa shape index (κ1) is 24.9. The Hall–Kier alpha value is -3.21. The highest BCUT2D eigenvalue weighted by molar-refractivity contribution is 7.69. The number of carboxylic acid groups (broad SMARTS) is 1. The van der Waals surface area contributed by atoms with E-state index in [0.717, 1.165) is 37.6 Å². The lowest BCUT2D eigenvalue weighted by atomic mass is 9.87. The number of nitrogens with zero attached hydrogens (tertiary/aromatic N) is 2. The highest BCUT2D eigenvalue weighted by Gasteiger charge is 2.36. The normalized spacial score (nSPS) is 18.7. The lowest BCUT2D eigenvalue weighted by Gasteiger charge is -2.38. The maximum absolute atomic E-state index is 14.1. The zero-order chi connectivity index (χ0) is 25.3. The summed E-state index contributed by atoms with van der Waals surface area (Å²) >= 11 is 0. The summed E-state index contributed by atoms with van der Waals surface area (Å²) in [6.45, 7) is 11.1. The molecule has 0 saturated heterocycles. The van der Waals surface area contributed by atoms with Gasteiger partial charge in [0, 0.05) is 41.5 Å². The summed E-state index contributed by atoms with van der Waals surface area (Å²) < 4.78 is 16.2. The fraction of sp³-hybridized carbons (Fsp3) is 0.286. The van der Waals surface area contributed by atoms with Gasteiger partial charge in [-0.15, -0.1) is 0 Å². The SMILES string of the molecule is CCN(CC)c1ccc2c(c1)P(=O)([O-])C1=CC(=[N+](CC)CC)C=CC1=C2c1ccccc1C(=O)O. The summed E-state index contributed by atoms with van der Waals surface area (Å²) in [6, 6.07) is 12.3. The first-order valence-corrected chi connectivity index (χ1v) is 13.7. The molecule has 1 N–H and O–H groups in total. The van der Waals surface area contributed by atoms with Crippen LogP contribution >= 0.6 is 7.37 Å². The molecule has 35 heavy (non-hydrogen) atoms. The number of benzene rings is 2. The molecule has 2 aliphatic rings. The Morgan fingerprint density at radius 3 is 2.31 bits per heavy atom. The van der Waals surface area contributed by atoms with Gasteiger partial charge in [-0.25, -0.2) is 9.37 Å². The smallest absolute Gasteiger partial charge is 0.336 e. The summed E-state index contributed by atoms with van der Waals surface area (Å²) in [5, 5.41) is 10.4. The number of fused-ring (bicyclic) bond motifs is 2. The van der Waals surface area contributed by atoms with Crippen molar-refractivity contribution in [3.8, 4) is 0 Å². The fourth-order valence-corrected chi connectivity index (χ4v) is 6.84. The topological polar surface area (TPSA) is 83.7 Å². The van der Waals surface area contributed by atoms with Crippen LogP contribution in [0.2, 0.25) is 0 Å². The molecule has 2 aromatic rings.